The number of aliphatic hydroxyl groups is 1. The third-order valence-electron chi connectivity index (χ3n) is 2.52. The molecule has 0 radical (unpaired) electrons. The summed E-state index contributed by atoms with van der Waals surface area (Å²) in [4.78, 5) is 4.13. The second-order valence-corrected chi connectivity index (χ2v) is 4.16. The minimum Gasteiger partial charge on any atom is -0.496 e. The highest BCUT2D eigenvalue weighted by Crippen LogP contribution is 2.31. The molecule has 1 unspecified atom stereocenters. The highest BCUT2D eigenvalue weighted by Gasteiger charge is 2.17. The molecule has 0 saturated carbocycles. The van der Waals surface area contributed by atoms with Gasteiger partial charge in [-0.15, -0.1) is 0 Å². The van der Waals surface area contributed by atoms with Gasteiger partial charge in [0.1, 0.15) is 11.9 Å². The zero-order valence-corrected chi connectivity index (χ0v) is 10.8. The standard InChI is InChI=1S/C12H13ClN2O3/c1-3-9(16)11-14-12(18-15-11)8-6-7(13)4-5-10(8)17-2/h4-6,9,16H,3H2,1-2H3. The number of benzene rings is 1. The maximum atomic E-state index is 9.63. The lowest BCUT2D eigenvalue weighted by Gasteiger charge is -2.04. The Labute approximate surface area is 109 Å². The van der Waals surface area contributed by atoms with Crippen LogP contribution in [-0.2, 0) is 0 Å². The Hall–Kier alpha value is -1.59. The van der Waals surface area contributed by atoms with E-state index in [4.69, 9.17) is 20.9 Å². The number of nitrogens with zero attached hydrogens (tertiary/aromatic N) is 2. The van der Waals surface area contributed by atoms with Crippen molar-refractivity contribution in [1.29, 1.82) is 0 Å². The van der Waals surface area contributed by atoms with E-state index >= 15 is 0 Å². The molecule has 1 heterocycles. The van der Waals surface area contributed by atoms with Gasteiger partial charge in [-0.25, -0.2) is 0 Å². The van der Waals surface area contributed by atoms with Gasteiger partial charge < -0.3 is 14.4 Å². The van der Waals surface area contributed by atoms with Crippen LogP contribution >= 0.6 is 11.6 Å². The largest absolute Gasteiger partial charge is 0.496 e. The van der Waals surface area contributed by atoms with Crippen LogP contribution < -0.4 is 4.74 Å². The van der Waals surface area contributed by atoms with Crippen LogP contribution in [0.1, 0.15) is 25.3 Å². The topological polar surface area (TPSA) is 68.4 Å². The third kappa shape index (κ3) is 2.47. The number of hydrogen-bond acceptors (Lipinski definition) is 5. The van der Waals surface area contributed by atoms with Crippen molar-refractivity contribution >= 4 is 11.6 Å². The molecule has 18 heavy (non-hydrogen) atoms. The molecule has 2 aromatic rings. The molecule has 6 heteroatoms. The van der Waals surface area contributed by atoms with Gasteiger partial charge in [0.2, 0.25) is 5.82 Å². The summed E-state index contributed by atoms with van der Waals surface area (Å²) < 4.78 is 10.3. The maximum absolute atomic E-state index is 9.63. The van der Waals surface area contributed by atoms with Crippen molar-refractivity contribution in [1.82, 2.24) is 10.1 Å². The van der Waals surface area contributed by atoms with Crippen molar-refractivity contribution in [3.05, 3.63) is 29.0 Å². The molecule has 2 rings (SSSR count). The highest BCUT2D eigenvalue weighted by molar-refractivity contribution is 6.30. The fraction of sp³-hybridized carbons (Fsp3) is 0.333. The van der Waals surface area contributed by atoms with Gasteiger partial charge in [0.25, 0.3) is 5.89 Å². The van der Waals surface area contributed by atoms with E-state index in [2.05, 4.69) is 10.1 Å². The van der Waals surface area contributed by atoms with Gasteiger partial charge in [0.05, 0.1) is 12.7 Å². The van der Waals surface area contributed by atoms with E-state index in [9.17, 15) is 5.11 Å². The number of ether oxygens (including phenoxy) is 1. The first-order valence-electron chi connectivity index (χ1n) is 5.51. The molecule has 96 valence electrons. The van der Waals surface area contributed by atoms with Gasteiger partial charge in [0, 0.05) is 5.02 Å². The van der Waals surface area contributed by atoms with Gasteiger partial charge in [-0.05, 0) is 24.6 Å². The number of rotatable bonds is 4. The van der Waals surface area contributed by atoms with Crippen molar-refractivity contribution < 1.29 is 14.4 Å². The number of halogens is 1. The van der Waals surface area contributed by atoms with Crippen LogP contribution in [0.3, 0.4) is 0 Å². The summed E-state index contributed by atoms with van der Waals surface area (Å²) in [6.07, 6.45) is -0.210. The summed E-state index contributed by atoms with van der Waals surface area (Å²) in [5.74, 6) is 1.12. The molecule has 1 aromatic carbocycles. The van der Waals surface area contributed by atoms with Crippen molar-refractivity contribution in [2.75, 3.05) is 7.11 Å². The van der Waals surface area contributed by atoms with E-state index in [1.165, 1.54) is 0 Å². The van der Waals surface area contributed by atoms with Crippen LogP contribution in [0.25, 0.3) is 11.5 Å². The number of hydrogen-bond donors (Lipinski definition) is 1. The lowest BCUT2D eigenvalue weighted by molar-refractivity contribution is 0.159. The Kier molecular flexibility index (Phi) is 3.84. The van der Waals surface area contributed by atoms with Crippen molar-refractivity contribution in [3.63, 3.8) is 0 Å². The first kappa shape index (κ1) is 12.9. The summed E-state index contributed by atoms with van der Waals surface area (Å²) in [6, 6.07) is 5.11. The molecule has 0 aliphatic carbocycles. The molecule has 0 saturated heterocycles. The molecule has 0 aliphatic rings. The molecule has 0 aliphatic heterocycles. The second-order valence-electron chi connectivity index (χ2n) is 3.73. The molecule has 0 bridgehead atoms. The predicted octanol–water partition coefficient (Wildman–Crippen LogP) is 2.84. The van der Waals surface area contributed by atoms with Gasteiger partial charge in [-0.3, -0.25) is 0 Å². The zero-order valence-electron chi connectivity index (χ0n) is 10.1. The summed E-state index contributed by atoms with van der Waals surface area (Å²) >= 11 is 5.93. The van der Waals surface area contributed by atoms with Crippen LogP contribution in [0.15, 0.2) is 22.7 Å². The lowest BCUT2D eigenvalue weighted by atomic mass is 10.2. The van der Waals surface area contributed by atoms with E-state index < -0.39 is 6.10 Å². The highest BCUT2D eigenvalue weighted by atomic mass is 35.5. The molecule has 0 amide bonds. The van der Waals surface area contributed by atoms with Gasteiger partial charge in [-0.1, -0.05) is 23.7 Å². The van der Waals surface area contributed by atoms with Crippen molar-refractivity contribution in [3.8, 4) is 17.2 Å². The Morgan fingerprint density at radius 3 is 2.94 bits per heavy atom. The normalized spacial score (nSPS) is 12.4. The molecule has 1 atom stereocenters. The Bertz CT molecular complexity index is 542. The molecule has 0 fully saturated rings. The maximum Gasteiger partial charge on any atom is 0.261 e. The van der Waals surface area contributed by atoms with Crippen LogP contribution in [0.5, 0.6) is 5.75 Å². The third-order valence-corrected chi connectivity index (χ3v) is 2.75. The Morgan fingerprint density at radius 2 is 2.28 bits per heavy atom. The average Bonchev–Trinajstić information content (AvgIpc) is 2.87. The number of aliphatic hydroxyl groups excluding tert-OH is 1. The van der Waals surface area contributed by atoms with E-state index in [1.54, 1.807) is 25.3 Å². The molecule has 1 aromatic heterocycles. The lowest BCUT2D eigenvalue weighted by Crippen LogP contribution is -1.97. The van der Waals surface area contributed by atoms with Gasteiger partial charge in [0.15, 0.2) is 0 Å². The molecular formula is C12H13ClN2O3. The van der Waals surface area contributed by atoms with Crippen LogP contribution in [0.4, 0.5) is 0 Å². The minimum absolute atomic E-state index is 0.259. The van der Waals surface area contributed by atoms with E-state index in [1.807, 2.05) is 6.92 Å². The smallest absolute Gasteiger partial charge is 0.261 e. The Balaban J connectivity index is 2.42. The van der Waals surface area contributed by atoms with Crippen LogP contribution in [-0.4, -0.2) is 22.4 Å². The first-order valence-corrected chi connectivity index (χ1v) is 5.89. The second kappa shape index (κ2) is 5.37. The summed E-state index contributed by atoms with van der Waals surface area (Å²) in [7, 11) is 1.55. The fourth-order valence-electron chi connectivity index (χ4n) is 1.51. The predicted molar refractivity (Wildman–Crippen MR) is 66.5 cm³/mol. The summed E-state index contributed by atoms with van der Waals surface area (Å²) in [5.41, 5.74) is 0.604. The molecule has 0 spiro atoms. The number of methoxy groups -OCH3 is 1. The zero-order chi connectivity index (χ0) is 13.1. The van der Waals surface area contributed by atoms with Crippen LogP contribution in [0, 0.1) is 0 Å². The average molecular weight is 269 g/mol. The van der Waals surface area contributed by atoms with E-state index in [0.29, 0.717) is 22.8 Å². The van der Waals surface area contributed by atoms with E-state index in [-0.39, 0.29) is 11.7 Å². The van der Waals surface area contributed by atoms with Gasteiger partial charge >= 0.3 is 0 Å². The Morgan fingerprint density at radius 1 is 1.50 bits per heavy atom. The fourth-order valence-corrected chi connectivity index (χ4v) is 1.68. The summed E-state index contributed by atoms with van der Waals surface area (Å²) in [5, 5.41) is 13.9. The first-order chi connectivity index (χ1) is 8.65. The molecule has 5 nitrogen and oxygen atoms in total. The quantitative estimate of drug-likeness (QED) is 0.923. The molecule has 1 N–H and O–H groups in total. The van der Waals surface area contributed by atoms with E-state index in [0.717, 1.165) is 0 Å². The van der Waals surface area contributed by atoms with Crippen molar-refractivity contribution in [2.45, 2.75) is 19.4 Å². The number of aromatic nitrogens is 2. The molecular weight excluding hydrogens is 256 g/mol. The van der Waals surface area contributed by atoms with Crippen LogP contribution in [0.2, 0.25) is 5.02 Å². The SMILES string of the molecule is CCC(O)c1noc(-c2cc(Cl)ccc2OC)n1. The van der Waals surface area contributed by atoms with Crippen molar-refractivity contribution in [2.24, 2.45) is 0 Å². The minimum atomic E-state index is -0.729. The monoisotopic (exact) mass is 268 g/mol. The van der Waals surface area contributed by atoms with Gasteiger partial charge in [-0.2, -0.15) is 4.98 Å². The summed E-state index contributed by atoms with van der Waals surface area (Å²) in [6.45, 7) is 1.83.